The maximum atomic E-state index is 13.2. The summed E-state index contributed by atoms with van der Waals surface area (Å²) in [6, 6.07) is 16.4. The molecule has 1 aliphatic heterocycles. The fourth-order valence-electron chi connectivity index (χ4n) is 4.70. The largest absolute Gasteiger partial charge is 0.348 e. The molecule has 1 aliphatic carbocycles. The third kappa shape index (κ3) is 2.96. The van der Waals surface area contributed by atoms with Gasteiger partial charge in [0.25, 0.3) is 5.91 Å². The maximum absolute atomic E-state index is 13.2. The van der Waals surface area contributed by atoms with Gasteiger partial charge in [-0.2, -0.15) is 0 Å². The zero-order valence-corrected chi connectivity index (χ0v) is 17.1. The van der Waals surface area contributed by atoms with Crippen molar-refractivity contribution in [3.63, 3.8) is 0 Å². The smallest absolute Gasteiger partial charge is 0.251 e. The van der Waals surface area contributed by atoms with E-state index in [1.165, 1.54) is 4.90 Å². The summed E-state index contributed by atoms with van der Waals surface area (Å²) < 4.78 is 0. The molecule has 2 aromatic rings. The Morgan fingerprint density at radius 1 is 1.03 bits per heavy atom. The van der Waals surface area contributed by atoms with Gasteiger partial charge in [0.05, 0.1) is 11.1 Å². The number of piperidine rings is 1. The first-order valence-corrected chi connectivity index (χ1v) is 10.1. The summed E-state index contributed by atoms with van der Waals surface area (Å²) in [7, 11) is 0. The van der Waals surface area contributed by atoms with E-state index in [2.05, 4.69) is 5.32 Å². The van der Waals surface area contributed by atoms with Crippen LogP contribution >= 0.6 is 0 Å². The Kier molecular flexibility index (Phi) is 4.56. The van der Waals surface area contributed by atoms with E-state index in [-0.39, 0.29) is 29.1 Å². The summed E-state index contributed by atoms with van der Waals surface area (Å²) in [4.78, 5) is 40.0. The van der Waals surface area contributed by atoms with Crippen molar-refractivity contribution in [2.24, 2.45) is 16.7 Å². The van der Waals surface area contributed by atoms with Gasteiger partial charge in [-0.15, -0.1) is 0 Å². The molecule has 0 unspecified atom stereocenters. The highest BCUT2D eigenvalue weighted by Crippen LogP contribution is 2.60. The second-order valence-electron chi connectivity index (χ2n) is 8.84. The molecule has 150 valence electrons. The Balaban J connectivity index is 1.51. The Morgan fingerprint density at radius 3 is 2.34 bits per heavy atom. The van der Waals surface area contributed by atoms with Gasteiger partial charge in [0.1, 0.15) is 0 Å². The van der Waals surface area contributed by atoms with Crippen LogP contribution in [0, 0.1) is 16.7 Å². The highest BCUT2D eigenvalue weighted by molar-refractivity contribution is 6.20. The number of anilines is 1. The van der Waals surface area contributed by atoms with Crippen molar-refractivity contribution in [1.82, 2.24) is 5.32 Å². The number of imide groups is 1. The molecular weight excluding hydrogens is 364 g/mol. The number of rotatable bonds is 4. The molecule has 2 atom stereocenters. The van der Waals surface area contributed by atoms with Gasteiger partial charge < -0.3 is 5.32 Å². The minimum atomic E-state index is -0.544. The second-order valence-corrected chi connectivity index (χ2v) is 8.84. The molecule has 5 nitrogen and oxygen atoms in total. The van der Waals surface area contributed by atoms with Gasteiger partial charge in [0.2, 0.25) is 11.8 Å². The number of fused-ring (bicyclic) bond motifs is 2. The number of carbonyl (C=O) groups is 3. The Labute approximate surface area is 171 Å². The third-order valence-electron chi connectivity index (χ3n) is 7.10. The molecule has 29 heavy (non-hydrogen) atoms. The average molecular weight is 390 g/mol. The van der Waals surface area contributed by atoms with E-state index >= 15 is 0 Å². The Morgan fingerprint density at radius 2 is 1.69 bits per heavy atom. The summed E-state index contributed by atoms with van der Waals surface area (Å²) >= 11 is 0. The molecule has 1 heterocycles. The minimum Gasteiger partial charge on any atom is -0.348 e. The van der Waals surface area contributed by atoms with Crippen LogP contribution in [-0.4, -0.2) is 17.7 Å². The first-order chi connectivity index (χ1) is 13.8. The fraction of sp³-hybridized carbons (Fsp3) is 0.375. The highest BCUT2D eigenvalue weighted by atomic mass is 16.2. The van der Waals surface area contributed by atoms with Gasteiger partial charge >= 0.3 is 0 Å². The Hall–Kier alpha value is -2.95. The van der Waals surface area contributed by atoms with Crippen LogP contribution in [-0.2, 0) is 16.1 Å². The zero-order valence-electron chi connectivity index (χ0n) is 17.1. The van der Waals surface area contributed by atoms with Crippen LogP contribution in [0.1, 0.15) is 49.5 Å². The van der Waals surface area contributed by atoms with Crippen molar-refractivity contribution in [3.8, 4) is 0 Å². The van der Waals surface area contributed by atoms with Crippen LogP contribution in [0.25, 0.3) is 0 Å². The molecule has 0 radical (unpaired) electrons. The number of benzene rings is 2. The summed E-state index contributed by atoms with van der Waals surface area (Å²) in [6.45, 7) is 6.47. The van der Waals surface area contributed by atoms with Crippen molar-refractivity contribution in [2.75, 3.05) is 4.90 Å². The lowest BCUT2D eigenvalue weighted by Crippen LogP contribution is -2.59. The van der Waals surface area contributed by atoms with Crippen molar-refractivity contribution < 1.29 is 14.4 Å². The number of carbonyl (C=O) groups excluding carboxylic acids is 3. The van der Waals surface area contributed by atoms with E-state index in [0.29, 0.717) is 17.8 Å². The van der Waals surface area contributed by atoms with Gasteiger partial charge in [-0.1, -0.05) is 51.1 Å². The molecule has 1 saturated heterocycles. The van der Waals surface area contributed by atoms with Crippen molar-refractivity contribution >= 4 is 23.4 Å². The van der Waals surface area contributed by atoms with Crippen molar-refractivity contribution in [1.29, 1.82) is 0 Å². The van der Waals surface area contributed by atoms with Crippen LogP contribution in [0.2, 0.25) is 0 Å². The molecule has 2 aliphatic rings. The summed E-state index contributed by atoms with van der Waals surface area (Å²) in [5.41, 5.74) is 1.17. The van der Waals surface area contributed by atoms with E-state index < -0.39 is 5.41 Å². The molecule has 5 heteroatoms. The van der Waals surface area contributed by atoms with E-state index in [1.807, 2.05) is 51.1 Å². The quantitative estimate of drug-likeness (QED) is 0.805. The third-order valence-corrected chi connectivity index (χ3v) is 7.10. The van der Waals surface area contributed by atoms with Gasteiger partial charge in [-0.25, -0.2) is 4.90 Å². The van der Waals surface area contributed by atoms with Crippen LogP contribution in [0.5, 0.6) is 0 Å². The number of amides is 3. The molecule has 1 saturated carbocycles. The standard InChI is InChI=1S/C24H26N2O3/c1-23(2)19-13-14-24(23,3)22(29)26(21(19)28)18-11-9-17(10-12-18)20(27)25-15-16-7-5-4-6-8-16/h4-12,19H,13-15H2,1-3H3,(H,25,27)/t19-,24+/m0/s1. The average Bonchev–Trinajstić information content (AvgIpc) is 2.90. The van der Waals surface area contributed by atoms with Crippen LogP contribution in [0.4, 0.5) is 5.69 Å². The molecule has 2 aromatic carbocycles. The number of nitrogens with one attached hydrogen (secondary N) is 1. The molecule has 4 rings (SSSR count). The summed E-state index contributed by atoms with van der Waals surface area (Å²) in [6.07, 6.45) is 1.47. The number of hydrogen-bond acceptors (Lipinski definition) is 3. The predicted octanol–water partition coefficient (Wildman–Crippen LogP) is 3.93. The van der Waals surface area contributed by atoms with E-state index in [1.54, 1.807) is 24.3 Å². The summed E-state index contributed by atoms with van der Waals surface area (Å²) in [5.74, 6) is -0.609. The van der Waals surface area contributed by atoms with Crippen LogP contribution in [0.15, 0.2) is 54.6 Å². The fourth-order valence-corrected chi connectivity index (χ4v) is 4.70. The molecule has 2 fully saturated rings. The van der Waals surface area contributed by atoms with Gasteiger partial charge in [-0.05, 0) is 48.1 Å². The molecule has 2 bridgehead atoms. The molecule has 0 spiro atoms. The second kappa shape index (κ2) is 6.83. The van der Waals surface area contributed by atoms with Crippen molar-refractivity contribution in [2.45, 2.75) is 40.2 Å². The maximum Gasteiger partial charge on any atom is 0.251 e. The highest BCUT2D eigenvalue weighted by Gasteiger charge is 2.64. The zero-order chi connectivity index (χ0) is 20.8. The first kappa shape index (κ1) is 19.4. The van der Waals surface area contributed by atoms with E-state index in [0.717, 1.165) is 18.4 Å². The molecule has 1 N–H and O–H groups in total. The SMILES string of the molecule is CC1(C)[C@H]2CC[C@]1(C)C(=O)N(c1ccc(C(=O)NCc3ccccc3)cc1)C2=O. The normalized spacial score (nSPS) is 25.2. The predicted molar refractivity (Wildman–Crippen MR) is 111 cm³/mol. The van der Waals surface area contributed by atoms with Crippen molar-refractivity contribution in [3.05, 3.63) is 65.7 Å². The first-order valence-electron chi connectivity index (χ1n) is 10.1. The van der Waals surface area contributed by atoms with Crippen LogP contribution in [0.3, 0.4) is 0 Å². The topological polar surface area (TPSA) is 66.5 Å². The number of nitrogens with zero attached hydrogens (tertiary/aromatic N) is 1. The lowest BCUT2D eigenvalue weighted by Gasteiger charge is -2.47. The van der Waals surface area contributed by atoms with Gasteiger partial charge in [0, 0.05) is 18.0 Å². The van der Waals surface area contributed by atoms with Gasteiger partial charge in [-0.3, -0.25) is 14.4 Å². The minimum absolute atomic E-state index is 0.128. The molecule has 3 amide bonds. The monoisotopic (exact) mass is 390 g/mol. The van der Waals surface area contributed by atoms with E-state index in [4.69, 9.17) is 0 Å². The number of hydrogen-bond donors (Lipinski definition) is 1. The lowest BCUT2D eigenvalue weighted by molar-refractivity contribution is -0.146. The molecular formula is C24H26N2O3. The lowest BCUT2D eigenvalue weighted by atomic mass is 9.62. The molecule has 0 aromatic heterocycles. The van der Waals surface area contributed by atoms with Gasteiger partial charge in [0.15, 0.2) is 0 Å². The van der Waals surface area contributed by atoms with Crippen LogP contribution < -0.4 is 10.2 Å². The summed E-state index contributed by atoms with van der Waals surface area (Å²) in [5, 5.41) is 2.89. The van der Waals surface area contributed by atoms with E-state index in [9.17, 15) is 14.4 Å². The Bertz CT molecular complexity index is 965.